The average Bonchev–Trinajstić information content (AvgIpc) is 2.16. The van der Waals surface area contributed by atoms with E-state index < -0.39 is 24.9 Å². The first kappa shape index (κ1) is 11.0. The number of benzene rings is 1. The Morgan fingerprint density at radius 1 is 1.57 bits per heavy atom. The minimum absolute atomic E-state index is 0.103. The summed E-state index contributed by atoms with van der Waals surface area (Å²) >= 11 is -0.511. The Morgan fingerprint density at radius 3 is 2.64 bits per heavy atom. The van der Waals surface area contributed by atoms with Crippen molar-refractivity contribution in [3.63, 3.8) is 0 Å². The summed E-state index contributed by atoms with van der Waals surface area (Å²) in [4.78, 5) is 20.4. The van der Waals surface area contributed by atoms with Gasteiger partial charge in [-0.1, -0.05) is 0 Å². The van der Waals surface area contributed by atoms with E-state index in [1.54, 1.807) is 0 Å². The third kappa shape index (κ3) is 2.23. The van der Waals surface area contributed by atoms with Gasteiger partial charge in [0.15, 0.2) is 0 Å². The number of carboxylic acid groups (broad SMARTS) is 1. The minimum atomic E-state index is -1.20. The van der Waals surface area contributed by atoms with Gasteiger partial charge in [0.2, 0.25) is 0 Å². The van der Waals surface area contributed by atoms with Gasteiger partial charge >= 0.3 is 89.0 Å². The number of non-ortho nitro benzene ring substituents is 1. The van der Waals surface area contributed by atoms with Crippen molar-refractivity contribution >= 4 is 40.3 Å². The maximum absolute atomic E-state index is 10.7. The van der Waals surface area contributed by atoms with E-state index in [4.69, 9.17) is 15.2 Å². The Labute approximate surface area is 89.2 Å². The fraction of sp³-hybridized carbons (Fsp3) is 0. The number of hydrogen-bond donors (Lipinski definition) is 1. The summed E-state index contributed by atoms with van der Waals surface area (Å²) in [5.41, 5.74) is -0.346. The van der Waals surface area contributed by atoms with Crippen molar-refractivity contribution < 1.29 is 14.8 Å². The van der Waals surface area contributed by atoms with Crippen molar-refractivity contribution in [1.82, 2.24) is 0 Å². The normalized spacial score (nSPS) is 9.79. The van der Waals surface area contributed by atoms with Gasteiger partial charge in [-0.3, -0.25) is 0 Å². The van der Waals surface area contributed by atoms with Crippen LogP contribution in [0, 0.1) is 10.1 Å². The van der Waals surface area contributed by atoms with Crippen molar-refractivity contribution in [2.75, 3.05) is 0 Å². The van der Waals surface area contributed by atoms with Crippen LogP contribution in [0.3, 0.4) is 0 Å². The van der Waals surface area contributed by atoms with Crippen LogP contribution in [0.25, 0.3) is 0 Å². The third-order valence-corrected chi connectivity index (χ3v) is 3.45. The van der Waals surface area contributed by atoms with Crippen molar-refractivity contribution in [3.8, 4) is 0 Å². The second-order valence-corrected chi connectivity index (χ2v) is 4.37. The van der Waals surface area contributed by atoms with Gasteiger partial charge in [0.05, 0.1) is 0 Å². The van der Waals surface area contributed by atoms with E-state index >= 15 is 0 Å². The molecule has 1 N–H and O–H groups in total. The molecule has 0 bridgehead atoms. The molecule has 0 saturated heterocycles. The molecule has 1 rings (SSSR count). The molecule has 0 aliphatic carbocycles. The van der Waals surface area contributed by atoms with E-state index in [1.807, 2.05) is 0 Å². The van der Waals surface area contributed by atoms with Crippen molar-refractivity contribution in [2.45, 2.75) is 0 Å². The molecular weight excluding hydrogens is 276 g/mol. The number of nitro benzene ring substituents is 1. The summed E-state index contributed by atoms with van der Waals surface area (Å²) in [6, 6.07) is 3.63. The van der Waals surface area contributed by atoms with Gasteiger partial charge in [-0.25, -0.2) is 0 Å². The molecule has 74 valence electrons. The number of rotatable bonds is 3. The number of hydrogen-bond acceptors (Lipinski definition) is 3. The first-order valence-corrected chi connectivity index (χ1v) is 6.47. The molecule has 0 atom stereocenters. The zero-order valence-electron chi connectivity index (χ0n) is 6.64. The first-order chi connectivity index (χ1) is 6.56. The van der Waals surface area contributed by atoms with Gasteiger partial charge in [0, 0.05) is 0 Å². The van der Waals surface area contributed by atoms with E-state index in [0.29, 0.717) is 4.46 Å². The van der Waals surface area contributed by atoms with Crippen LogP contribution in [-0.4, -0.2) is 30.0 Å². The second-order valence-electron chi connectivity index (χ2n) is 2.32. The van der Waals surface area contributed by atoms with Crippen LogP contribution >= 0.6 is 10.1 Å². The molecule has 0 radical (unpaired) electrons. The fourth-order valence-electron chi connectivity index (χ4n) is 0.866. The van der Waals surface area contributed by atoms with Crippen molar-refractivity contribution in [2.24, 2.45) is 0 Å². The third-order valence-electron chi connectivity index (χ3n) is 1.49. The van der Waals surface area contributed by atoms with E-state index in [1.165, 1.54) is 12.1 Å². The fourth-order valence-corrected chi connectivity index (χ4v) is 2.30. The SMILES string of the molecule is O=C(O)c1cc([N+](=O)[O-])ccc1[Se]Cl. The maximum atomic E-state index is 10.7. The number of nitrogens with zero attached hydrogens (tertiary/aromatic N) is 1. The molecule has 0 amide bonds. The van der Waals surface area contributed by atoms with Crippen LogP contribution in [0.5, 0.6) is 0 Å². The molecule has 0 fully saturated rings. The number of halogens is 1. The summed E-state index contributed by atoms with van der Waals surface area (Å²) in [5, 5.41) is 19.1. The van der Waals surface area contributed by atoms with Gasteiger partial charge in [-0.2, -0.15) is 0 Å². The molecule has 1 aromatic carbocycles. The molecule has 5 nitrogen and oxygen atoms in total. The van der Waals surface area contributed by atoms with Crippen LogP contribution in [0.15, 0.2) is 18.2 Å². The average molecular weight is 281 g/mol. The summed E-state index contributed by atoms with van der Waals surface area (Å²) in [5.74, 6) is -1.20. The molecule has 0 unspecified atom stereocenters. The van der Waals surface area contributed by atoms with E-state index in [2.05, 4.69) is 0 Å². The number of carboxylic acids is 1. The molecule has 0 aliphatic heterocycles. The van der Waals surface area contributed by atoms with E-state index in [0.717, 1.165) is 6.07 Å². The molecule has 1 aromatic rings. The van der Waals surface area contributed by atoms with Gasteiger partial charge < -0.3 is 0 Å². The van der Waals surface area contributed by atoms with Crippen LogP contribution < -0.4 is 4.46 Å². The number of aromatic carboxylic acids is 1. The Balaban J connectivity index is 3.27. The topological polar surface area (TPSA) is 80.4 Å². The predicted octanol–water partition coefficient (Wildman–Crippen LogP) is 0.776. The van der Waals surface area contributed by atoms with Crippen LogP contribution in [0.2, 0.25) is 0 Å². The molecule has 0 spiro atoms. The molecule has 7 heteroatoms. The Morgan fingerprint density at radius 2 is 2.21 bits per heavy atom. The Kier molecular flexibility index (Phi) is 3.46. The second kappa shape index (κ2) is 4.41. The Hall–Kier alpha value is -1.10. The van der Waals surface area contributed by atoms with Crippen LogP contribution in [-0.2, 0) is 0 Å². The van der Waals surface area contributed by atoms with Crippen LogP contribution in [0.4, 0.5) is 5.69 Å². The van der Waals surface area contributed by atoms with Gasteiger partial charge in [0.1, 0.15) is 0 Å². The molecule has 0 heterocycles. The zero-order chi connectivity index (χ0) is 10.7. The molecule has 0 aromatic heterocycles. The number of nitro groups is 1. The van der Waals surface area contributed by atoms with Gasteiger partial charge in [-0.05, 0) is 0 Å². The summed E-state index contributed by atoms with van der Waals surface area (Å²) in [6.07, 6.45) is 0. The molecule has 0 saturated carbocycles. The number of carbonyl (C=O) groups is 1. The Bertz CT molecular complexity index is 395. The van der Waals surface area contributed by atoms with E-state index in [9.17, 15) is 14.9 Å². The van der Waals surface area contributed by atoms with Gasteiger partial charge in [0.25, 0.3) is 0 Å². The van der Waals surface area contributed by atoms with Gasteiger partial charge in [-0.15, -0.1) is 0 Å². The monoisotopic (exact) mass is 281 g/mol. The molecule has 14 heavy (non-hydrogen) atoms. The predicted molar refractivity (Wildman–Crippen MR) is 51.3 cm³/mol. The standard InChI is InChI=1S/C7H4ClNO4Se/c8-14-6-2-1-4(9(12)13)3-5(6)7(10)11/h1-3H,(H,10,11). The quantitative estimate of drug-likeness (QED) is 0.504. The molecular formula is C7H4ClNO4Se. The van der Waals surface area contributed by atoms with Crippen LogP contribution in [0.1, 0.15) is 10.4 Å². The first-order valence-electron chi connectivity index (χ1n) is 3.36. The van der Waals surface area contributed by atoms with Crippen molar-refractivity contribution in [3.05, 3.63) is 33.9 Å². The summed E-state index contributed by atoms with van der Waals surface area (Å²) in [7, 11) is 5.54. The van der Waals surface area contributed by atoms with Crippen molar-refractivity contribution in [1.29, 1.82) is 0 Å². The summed E-state index contributed by atoms with van der Waals surface area (Å²) < 4.78 is 0.428. The molecule has 0 aliphatic rings. The van der Waals surface area contributed by atoms with E-state index in [-0.39, 0.29) is 11.3 Å². The summed E-state index contributed by atoms with van der Waals surface area (Å²) in [6.45, 7) is 0. The zero-order valence-corrected chi connectivity index (χ0v) is 9.11.